The summed E-state index contributed by atoms with van der Waals surface area (Å²) in [7, 11) is 0. The van der Waals surface area contributed by atoms with Gasteiger partial charge < -0.3 is 29.0 Å². The predicted octanol–water partition coefficient (Wildman–Crippen LogP) is 2.97. The van der Waals surface area contributed by atoms with Gasteiger partial charge in [0, 0.05) is 0 Å². The van der Waals surface area contributed by atoms with Gasteiger partial charge in [-0.05, 0) is 36.5 Å². The monoisotopic (exact) mass is 443 g/mol. The van der Waals surface area contributed by atoms with Crippen molar-refractivity contribution in [2.75, 3.05) is 13.2 Å². The number of aromatic nitrogens is 3. The Balaban J connectivity index is 1.23. The van der Waals surface area contributed by atoms with Gasteiger partial charge in [0.1, 0.15) is 29.4 Å². The van der Waals surface area contributed by atoms with Gasteiger partial charge in [0.15, 0.2) is 11.8 Å². The maximum Gasteiger partial charge on any atom is 0.296 e. The fourth-order valence-electron chi connectivity index (χ4n) is 4.67. The number of aromatic amines is 1. The molecule has 2 aromatic heterocycles. The summed E-state index contributed by atoms with van der Waals surface area (Å²) in [4.78, 5) is 12.1. The van der Waals surface area contributed by atoms with Crippen LogP contribution in [-0.2, 0) is 15.9 Å². The van der Waals surface area contributed by atoms with Crippen LogP contribution in [0.3, 0.4) is 0 Å². The van der Waals surface area contributed by atoms with Gasteiger partial charge in [-0.25, -0.2) is 0 Å². The smallest absolute Gasteiger partial charge is 0.296 e. The van der Waals surface area contributed by atoms with Crippen molar-refractivity contribution in [3.63, 3.8) is 0 Å². The van der Waals surface area contributed by atoms with Crippen molar-refractivity contribution >= 4 is 22.8 Å². The molecule has 2 N–H and O–H groups in total. The van der Waals surface area contributed by atoms with E-state index < -0.39 is 6.10 Å². The molecule has 4 heterocycles. The molecule has 2 aliphatic heterocycles. The lowest BCUT2D eigenvalue weighted by molar-refractivity contribution is 0.00706. The Morgan fingerprint density at radius 3 is 2.90 bits per heavy atom. The van der Waals surface area contributed by atoms with Gasteiger partial charge in [-0.15, -0.1) is 0 Å². The first-order valence-electron chi connectivity index (χ1n) is 10.5. The van der Waals surface area contributed by atoms with Crippen molar-refractivity contribution in [1.82, 2.24) is 15.0 Å². The molecule has 31 heavy (non-hydrogen) atoms. The minimum Gasteiger partial charge on any atom is -0.468 e. The highest BCUT2D eigenvalue weighted by Gasteiger charge is 2.48. The number of H-pyrrole nitrogens is 1. The molecule has 6 rings (SSSR count). The third-order valence-electron chi connectivity index (χ3n) is 6.19. The van der Waals surface area contributed by atoms with Crippen LogP contribution in [0.25, 0.3) is 11.2 Å². The molecule has 9 heteroatoms. The average Bonchev–Trinajstić information content (AvgIpc) is 3.46. The van der Waals surface area contributed by atoms with Crippen LogP contribution in [0, 0.1) is 0 Å². The van der Waals surface area contributed by atoms with Crippen LogP contribution in [0.4, 0.5) is 0 Å². The lowest BCUT2D eigenvalue weighted by atomic mass is 9.89. The number of hydrogen-bond donors (Lipinski definition) is 2. The summed E-state index contributed by atoms with van der Waals surface area (Å²) in [6.07, 6.45) is 1.30. The quantitative estimate of drug-likeness (QED) is 0.639. The molecule has 0 saturated carbocycles. The molecule has 3 aromatic rings. The minimum absolute atomic E-state index is 0.0828. The molecule has 3 unspecified atom stereocenters. The number of nitrogens with zero attached hydrogens (tertiary/aromatic N) is 2. The van der Waals surface area contributed by atoms with E-state index in [9.17, 15) is 5.11 Å². The highest BCUT2D eigenvalue weighted by molar-refractivity contribution is 6.32. The third kappa shape index (κ3) is 3.43. The number of nitrogens with one attached hydrogen (secondary N) is 1. The number of benzene rings is 1. The first kappa shape index (κ1) is 19.3. The number of ether oxygens (including phenoxy) is 4. The zero-order valence-electron chi connectivity index (χ0n) is 16.7. The fourth-order valence-corrected chi connectivity index (χ4v) is 4.87. The van der Waals surface area contributed by atoms with Gasteiger partial charge in [0.05, 0.1) is 18.7 Å². The number of hydrogen-bond acceptors (Lipinski definition) is 7. The van der Waals surface area contributed by atoms with Crippen LogP contribution in [-0.4, -0.2) is 57.7 Å². The first-order valence-corrected chi connectivity index (χ1v) is 10.9. The van der Waals surface area contributed by atoms with Crippen LogP contribution in [0.15, 0.2) is 30.3 Å². The standard InChI is InChI=1S/C22H22ClN3O5/c23-13-8-14-20(25-21(13)30-16-7-3-5-11-4-1-2-6-12(11)16)26-22(24-14)31-17-10-29-18-15(27)9-28-19(17)18/h1-2,4,6,8,15-19,27H,3,5,7,9-10H2,(H,24,25,26)/t15-,16?,17-,18?,19?/m1/s1. The Labute approximate surface area is 183 Å². The summed E-state index contributed by atoms with van der Waals surface area (Å²) in [6.45, 7) is 0.574. The Kier molecular flexibility index (Phi) is 4.75. The molecule has 0 radical (unpaired) electrons. The van der Waals surface area contributed by atoms with Gasteiger partial charge in [-0.2, -0.15) is 9.97 Å². The molecule has 0 spiro atoms. The van der Waals surface area contributed by atoms with E-state index in [1.165, 1.54) is 11.1 Å². The minimum atomic E-state index is -0.626. The van der Waals surface area contributed by atoms with Crippen molar-refractivity contribution in [2.45, 2.75) is 49.8 Å². The molecule has 0 amide bonds. The lowest BCUT2D eigenvalue weighted by Crippen LogP contribution is -2.34. The number of aryl methyl sites for hydroxylation is 1. The summed E-state index contributed by atoms with van der Waals surface area (Å²) in [5.74, 6) is 0.362. The largest absolute Gasteiger partial charge is 0.468 e. The van der Waals surface area contributed by atoms with Gasteiger partial charge in [-0.1, -0.05) is 35.9 Å². The maximum absolute atomic E-state index is 9.89. The van der Waals surface area contributed by atoms with E-state index in [2.05, 4.69) is 33.2 Å². The number of rotatable bonds is 4. The van der Waals surface area contributed by atoms with Crippen LogP contribution in [0.5, 0.6) is 11.9 Å². The van der Waals surface area contributed by atoms with Gasteiger partial charge in [0.2, 0.25) is 5.88 Å². The summed E-state index contributed by atoms with van der Waals surface area (Å²) < 4.78 is 23.4. The van der Waals surface area contributed by atoms with Gasteiger partial charge in [-0.3, -0.25) is 0 Å². The maximum atomic E-state index is 9.89. The van der Waals surface area contributed by atoms with E-state index in [0.29, 0.717) is 34.7 Å². The van der Waals surface area contributed by atoms with Gasteiger partial charge in [0.25, 0.3) is 6.01 Å². The molecule has 1 aromatic carbocycles. The second-order valence-corrected chi connectivity index (χ2v) is 8.61. The molecule has 8 nitrogen and oxygen atoms in total. The van der Waals surface area contributed by atoms with E-state index in [4.69, 9.17) is 30.5 Å². The first-order chi connectivity index (χ1) is 15.2. The Hall–Kier alpha value is -2.39. The second-order valence-electron chi connectivity index (χ2n) is 8.21. The molecule has 0 bridgehead atoms. The van der Waals surface area contributed by atoms with Crippen LogP contribution < -0.4 is 9.47 Å². The summed E-state index contributed by atoms with van der Waals surface area (Å²) in [6, 6.07) is 10.4. The molecule has 1 aliphatic carbocycles. The second kappa shape index (κ2) is 7.63. The van der Waals surface area contributed by atoms with Crippen molar-refractivity contribution in [2.24, 2.45) is 0 Å². The van der Waals surface area contributed by atoms with Crippen molar-refractivity contribution in [3.8, 4) is 11.9 Å². The zero-order chi connectivity index (χ0) is 20.9. The normalized spacial score (nSPS) is 29.7. The van der Waals surface area contributed by atoms with E-state index in [1.807, 2.05) is 6.07 Å². The number of halogens is 1. The average molecular weight is 444 g/mol. The molecule has 5 atom stereocenters. The fraction of sp³-hybridized carbons (Fsp3) is 0.455. The van der Waals surface area contributed by atoms with E-state index in [0.717, 1.165) is 19.3 Å². The van der Waals surface area contributed by atoms with Crippen molar-refractivity contribution in [3.05, 3.63) is 46.5 Å². The van der Waals surface area contributed by atoms with Crippen LogP contribution in [0.2, 0.25) is 5.02 Å². The summed E-state index contributed by atoms with van der Waals surface area (Å²) in [5, 5.41) is 10.3. The molecule has 3 aliphatic rings. The number of imidazole rings is 1. The summed E-state index contributed by atoms with van der Waals surface area (Å²) >= 11 is 6.47. The van der Waals surface area contributed by atoms with Crippen molar-refractivity contribution < 1.29 is 24.1 Å². The van der Waals surface area contributed by atoms with E-state index >= 15 is 0 Å². The Morgan fingerprint density at radius 1 is 1.10 bits per heavy atom. The highest BCUT2D eigenvalue weighted by Crippen LogP contribution is 2.36. The predicted molar refractivity (Wildman–Crippen MR) is 112 cm³/mol. The van der Waals surface area contributed by atoms with Gasteiger partial charge >= 0.3 is 0 Å². The molecule has 2 fully saturated rings. The Bertz CT molecular complexity index is 1120. The number of pyridine rings is 1. The Morgan fingerprint density at radius 2 is 1.97 bits per heavy atom. The van der Waals surface area contributed by atoms with Crippen molar-refractivity contribution in [1.29, 1.82) is 0 Å². The highest BCUT2D eigenvalue weighted by atomic mass is 35.5. The molecule has 162 valence electrons. The number of aliphatic hydroxyl groups is 1. The molecular weight excluding hydrogens is 422 g/mol. The number of aliphatic hydroxyl groups excluding tert-OH is 1. The zero-order valence-corrected chi connectivity index (χ0v) is 17.4. The SMILES string of the molecule is O[C@@H]1COC2C1OC[C@H]2Oc1nc2nc(OC3CCCc4ccccc43)c(Cl)cc2[nH]1. The topological polar surface area (TPSA) is 98.7 Å². The van der Waals surface area contributed by atoms with Crippen LogP contribution >= 0.6 is 11.6 Å². The summed E-state index contributed by atoms with van der Waals surface area (Å²) in [5.41, 5.74) is 3.61. The van der Waals surface area contributed by atoms with E-state index in [-0.39, 0.29) is 31.0 Å². The lowest BCUT2D eigenvalue weighted by Gasteiger charge is -2.26. The molecular formula is C22H22ClN3O5. The molecule has 2 saturated heterocycles. The number of fused-ring (bicyclic) bond motifs is 3. The van der Waals surface area contributed by atoms with E-state index in [1.54, 1.807) is 6.07 Å². The third-order valence-corrected chi connectivity index (χ3v) is 6.46. The van der Waals surface area contributed by atoms with Crippen LogP contribution in [0.1, 0.15) is 30.1 Å².